The lowest BCUT2D eigenvalue weighted by atomic mass is 10.1. The molecule has 0 fully saturated rings. The van der Waals surface area contributed by atoms with Crippen molar-refractivity contribution in [3.8, 4) is 0 Å². The van der Waals surface area contributed by atoms with Gasteiger partial charge in [-0.05, 0) is 30.7 Å². The highest BCUT2D eigenvalue weighted by molar-refractivity contribution is 7.22. The van der Waals surface area contributed by atoms with Crippen molar-refractivity contribution in [2.75, 3.05) is 5.32 Å². The Bertz CT molecular complexity index is 1140. The van der Waals surface area contributed by atoms with Crippen LogP contribution in [0, 0.1) is 6.92 Å². The predicted molar refractivity (Wildman–Crippen MR) is 109 cm³/mol. The first kappa shape index (κ1) is 17.2. The molecule has 4 aromatic rings. The minimum Gasteiger partial charge on any atom is -0.310 e. The number of carbonyl (C=O) groups excluding carboxylic acids is 1. The maximum Gasteiger partial charge on any atom is 0.258 e. The number of benzene rings is 2. The van der Waals surface area contributed by atoms with Crippen molar-refractivity contribution in [2.24, 2.45) is 0 Å². The highest BCUT2D eigenvalue weighted by Gasteiger charge is 2.11. The third kappa shape index (κ3) is 3.80. The van der Waals surface area contributed by atoms with Crippen molar-refractivity contribution in [3.05, 3.63) is 93.9 Å². The van der Waals surface area contributed by atoms with Gasteiger partial charge in [-0.3, -0.25) is 14.9 Å². The summed E-state index contributed by atoms with van der Waals surface area (Å²) >= 11 is 1.42. The number of rotatable bonds is 4. The molecule has 27 heavy (non-hydrogen) atoms. The predicted octanol–water partition coefficient (Wildman–Crippen LogP) is 4.07. The molecule has 2 aromatic heterocycles. The topological polar surface area (TPSA) is 64.0 Å². The fourth-order valence-corrected chi connectivity index (χ4v) is 3.64. The largest absolute Gasteiger partial charge is 0.310 e. The Labute approximate surface area is 159 Å². The van der Waals surface area contributed by atoms with Gasteiger partial charge in [0.15, 0.2) is 5.13 Å². The molecule has 1 amide bonds. The molecule has 0 saturated heterocycles. The van der Waals surface area contributed by atoms with Gasteiger partial charge in [-0.25, -0.2) is 4.98 Å². The summed E-state index contributed by atoms with van der Waals surface area (Å²) in [6.45, 7) is 2.43. The SMILES string of the molecule is Cc1ccc(Cn2cc(C(=O)Nc3nc4ccccc4s3)ccc2=O)cc1. The van der Waals surface area contributed by atoms with Crippen molar-refractivity contribution in [3.63, 3.8) is 0 Å². The summed E-state index contributed by atoms with van der Waals surface area (Å²) in [5, 5.41) is 3.36. The van der Waals surface area contributed by atoms with Crippen LogP contribution in [0.4, 0.5) is 5.13 Å². The van der Waals surface area contributed by atoms with Crippen LogP contribution in [0.1, 0.15) is 21.5 Å². The Balaban J connectivity index is 1.56. The van der Waals surface area contributed by atoms with Crippen molar-refractivity contribution < 1.29 is 4.79 Å². The lowest BCUT2D eigenvalue weighted by Gasteiger charge is -2.08. The van der Waals surface area contributed by atoms with E-state index in [4.69, 9.17) is 0 Å². The van der Waals surface area contributed by atoms with Gasteiger partial charge in [-0.1, -0.05) is 53.3 Å². The minimum absolute atomic E-state index is 0.146. The third-order valence-corrected chi connectivity index (χ3v) is 5.19. The number of hydrogen-bond acceptors (Lipinski definition) is 4. The second kappa shape index (κ2) is 7.17. The van der Waals surface area contributed by atoms with E-state index in [-0.39, 0.29) is 11.5 Å². The molecule has 0 radical (unpaired) electrons. The smallest absolute Gasteiger partial charge is 0.258 e. The van der Waals surface area contributed by atoms with Crippen LogP contribution in [0.2, 0.25) is 0 Å². The molecule has 0 aliphatic heterocycles. The molecule has 0 saturated carbocycles. The molecule has 0 aliphatic rings. The summed E-state index contributed by atoms with van der Waals surface area (Å²) < 4.78 is 2.55. The number of fused-ring (bicyclic) bond motifs is 1. The molecule has 0 spiro atoms. The van der Waals surface area contributed by atoms with Crippen molar-refractivity contribution in [1.29, 1.82) is 0 Å². The van der Waals surface area contributed by atoms with Crippen LogP contribution in [0.25, 0.3) is 10.2 Å². The fourth-order valence-electron chi connectivity index (χ4n) is 2.77. The Morgan fingerprint density at radius 2 is 1.85 bits per heavy atom. The van der Waals surface area contributed by atoms with Crippen LogP contribution in [0.3, 0.4) is 0 Å². The molecule has 4 rings (SSSR count). The van der Waals surface area contributed by atoms with Crippen molar-refractivity contribution in [2.45, 2.75) is 13.5 Å². The van der Waals surface area contributed by atoms with Crippen LogP contribution < -0.4 is 10.9 Å². The van der Waals surface area contributed by atoms with E-state index in [0.717, 1.165) is 21.3 Å². The number of amides is 1. The Kier molecular flexibility index (Phi) is 4.56. The molecule has 2 heterocycles. The average molecular weight is 375 g/mol. The van der Waals surface area contributed by atoms with E-state index in [2.05, 4.69) is 10.3 Å². The normalized spacial score (nSPS) is 10.9. The van der Waals surface area contributed by atoms with Gasteiger partial charge in [0.1, 0.15) is 0 Å². The zero-order chi connectivity index (χ0) is 18.8. The summed E-state index contributed by atoms with van der Waals surface area (Å²) in [6.07, 6.45) is 1.59. The average Bonchev–Trinajstić information content (AvgIpc) is 3.07. The number of nitrogens with zero attached hydrogens (tertiary/aromatic N) is 2. The Morgan fingerprint density at radius 3 is 2.63 bits per heavy atom. The number of thiazole rings is 1. The lowest BCUT2D eigenvalue weighted by molar-refractivity contribution is 0.102. The van der Waals surface area contributed by atoms with Crippen LogP contribution in [0.5, 0.6) is 0 Å². The summed E-state index contributed by atoms with van der Waals surface area (Å²) in [4.78, 5) is 29.2. The summed E-state index contributed by atoms with van der Waals surface area (Å²) in [5.41, 5.74) is 3.29. The molecule has 5 nitrogen and oxygen atoms in total. The van der Waals surface area contributed by atoms with Gasteiger partial charge in [0, 0.05) is 12.3 Å². The van der Waals surface area contributed by atoms with E-state index in [1.54, 1.807) is 6.20 Å². The van der Waals surface area contributed by atoms with E-state index >= 15 is 0 Å². The number of anilines is 1. The molecular weight excluding hydrogens is 358 g/mol. The molecular formula is C21H17N3O2S. The number of carbonyl (C=O) groups is 1. The van der Waals surface area contributed by atoms with Gasteiger partial charge in [0.05, 0.1) is 22.3 Å². The number of aromatic nitrogens is 2. The molecule has 2 aromatic carbocycles. The van der Waals surface area contributed by atoms with Gasteiger partial charge in [0.2, 0.25) is 0 Å². The first-order valence-corrected chi connectivity index (χ1v) is 9.33. The summed E-state index contributed by atoms with van der Waals surface area (Å²) in [5.74, 6) is -0.285. The molecule has 1 N–H and O–H groups in total. The molecule has 0 bridgehead atoms. The van der Waals surface area contributed by atoms with Crippen LogP contribution in [-0.4, -0.2) is 15.5 Å². The standard InChI is InChI=1S/C21H17N3O2S/c1-14-6-8-15(9-7-14)12-24-13-16(10-11-19(24)25)20(26)23-21-22-17-4-2-3-5-18(17)27-21/h2-11,13H,12H2,1H3,(H,22,23,26). The highest BCUT2D eigenvalue weighted by atomic mass is 32.1. The van der Waals surface area contributed by atoms with Crippen LogP contribution >= 0.6 is 11.3 Å². The quantitative estimate of drug-likeness (QED) is 0.585. The van der Waals surface area contributed by atoms with Crippen molar-refractivity contribution >= 4 is 32.6 Å². The van der Waals surface area contributed by atoms with Crippen LogP contribution in [-0.2, 0) is 6.54 Å². The first-order chi connectivity index (χ1) is 13.1. The number of nitrogens with one attached hydrogen (secondary N) is 1. The monoisotopic (exact) mass is 375 g/mol. The number of pyridine rings is 1. The zero-order valence-corrected chi connectivity index (χ0v) is 15.5. The maximum absolute atomic E-state index is 12.6. The second-order valence-corrected chi connectivity index (χ2v) is 7.34. The maximum atomic E-state index is 12.6. The van der Waals surface area contributed by atoms with Crippen LogP contribution in [0.15, 0.2) is 71.7 Å². The Hall–Kier alpha value is -3.25. The summed E-state index contributed by atoms with van der Waals surface area (Å²) in [6, 6.07) is 18.6. The number of para-hydroxylation sites is 1. The van der Waals surface area contributed by atoms with E-state index < -0.39 is 0 Å². The molecule has 134 valence electrons. The van der Waals surface area contributed by atoms with Gasteiger partial charge >= 0.3 is 0 Å². The highest BCUT2D eigenvalue weighted by Crippen LogP contribution is 2.25. The third-order valence-electron chi connectivity index (χ3n) is 4.23. The molecule has 6 heteroatoms. The molecule has 0 unspecified atom stereocenters. The Morgan fingerprint density at radius 1 is 1.07 bits per heavy atom. The fraction of sp³-hybridized carbons (Fsp3) is 0.0952. The van der Waals surface area contributed by atoms with E-state index in [9.17, 15) is 9.59 Å². The van der Waals surface area contributed by atoms with Gasteiger partial charge in [-0.15, -0.1) is 0 Å². The number of aryl methyl sites for hydroxylation is 1. The first-order valence-electron chi connectivity index (χ1n) is 8.51. The molecule has 0 atom stereocenters. The van der Waals surface area contributed by atoms with Gasteiger partial charge in [0.25, 0.3) is 11.5 Å². The van der Waals surface area contributed by atoms with E-state index in [0.29, 0.717) is 17.2 Å². The van der Waals surface area contributed by atoms with Crippen molar-refractivity contribution in [1.82, 2.24) is 9.55 Å². The second-order valence-electron chi connectivity index (χ2n) is 6.31. The van der Waals surface area contributed by atoms with Gasteiger partial charge in [-0.2, -0.15) is 0 Å². The summed E-state index contributed by atoms with van der Waals surface area (Å²) in [7, 11) is 0. The van der Waals surface area contributed by atoms with E-state index in [1.165, 1.54) is 28.0 Å². The van der Waals surface area contributed by atoms with Gasteiger partial charge < -0.3 is 4.57 Å². The zero-order valence-electron chi connectivity index (χ0n) is 14.7. The minimum atomic E-state index is -0.285. The molecule has 0 aliphatic carbocycles. The number of hydrogen-bond donors (Lipinski definition) is 1. The lowest BCUT2D eigenvalue weighted by Crippen LogP contribution is -2.22. The van der Waals surface area contributed by atoms with E-state index in [1.807, 2.05) is 55.5 Å².